The fraction of sp³-hybridized carbons (Fsp3) is 0.0476. The molecular weight excluding hydrogens is 382 g/mol. The normalized spacial score (nSPS) is 11.0. The number of halogens is 1. The van der Waals surface area contributed by atoms with E-state index in [1.54, 1.807) is 24.4 Å². The number of rotatable bonds is 4. The second kappa shape index (κ2) is 6.68. The highest BCUT2D eigenvalue weighted by Crippen LogP contribution is 2.32. The molecule has 0 aliphatic rings. The number of hydrogen-bond acceptors (Lipinski definition) is 3. The Bertz CT molecular complexity index is 1190. The van der Waals surface area contributed by atoms with Gasteiger partial charge in [-0.05, 0) is 36.8 Å². The molecule has 0 aliphatic carbocycles. The van der Waals surface area contributed by atoms with Gasteiger partial charge >= 0.3 is 5.97 Å². The van der Waals surface area contributed by atoms with Gasteiger partial charge in [0.25, 0.3) is 0 Å². The third-order valence-corrected chi connectivity index (χ3v) is 5.83. The number of hydrogen-bond donors (Lipinski definition) is 1. The van der Waals surface area contributed by atoms with Crippen LogP contribution in [0.3, 0.4) is 0 Å². The van der Waals surface area contributed by atoms with Crippen molar-refractivity contribution in [1.29, 1.82) is 0 Å². The number of fused-ring (bicyclic) bond motifs is 1. The van der Waals surface area contributed by atoms with Crippen molar-refractivity contribution in [3.8, 4) is 5.00 Å². The predicted octanol–water partition coefficient (Wildman–Crippen LogP) is 5.58. The van der Waals surface area contributed by atoms with E-state index in [2.05, 4.69) is 0 Å². The predicted molar refractivity (Wildman–Crippen MR) is 108 cm³/mol. The molecule has 0 saturated heterocycles. The molecule has 27 heavy (non-hydrogen) atoms. The zero-order valence-corrected chi connectivity index (χ0v) is 15.8. The quantitative estimate of drug-likeness (QED) is 0.458. The van der Waals surface area contributed by atoms with Crippen LogP contribution < -0.4 is 0 Å². The molecule has 4 nitrogen and oxygen atoms in total. The van der Waals surface area contributed by atoms with Crippen LogP contribution in [0.2, 0.25) is 5.02 Å². The summed E-state index contributed by atoms with van der Waals surface area (Å²) in [7, 11) is 0. The van der Waals surface area contributed by atoms with E-state index in [9.17, 15) is 14.7 Å². The van der Waals surface area contributed by atoms with Gasteiger partial charge in [-0.2, -0.15) is 0 Å². The van der Waals surface area contributed by atoms with Crippen molar-refractivity contribution in [1.82, 2.24) is 4.57 Å². The van der Waals surface area contributed by atoms with E-state index < -0.39 is 5.97 Å². The maximum Gasteiger partial charge on any atom is 0.345 e. The van der Waals surface area contributed by atoms with Crippen LogP contribution in [0.5, 0.6) is 0 Å². The van der Waals surface area contributed by atoms with Gasteiger partial charge in [0.15, 0.2) is 5.78 Å². The number of carbonyl (C=O) groups is 2. The molecular formula is C21H14ClNO3S. The van der Waals surface area contributed by atoms with Crippen molar-refractivity contribution in [2.45, 2.75) is 6.92 Å². The number of ketones is 1. The Balaban J connectivity index is 1.92. The van der Waals surface area contributed by atoms with Gasteiger partial charge in [-0.3, -0.25) is 4.79 Å². The molecule has 0 bridgehead atoms. The maximum absolute atomic E-state index is 13.3. The number of aromatic nitrogens is 1. The van der Waals surface area contributed by atoms with Crippen molar-refractivity contribution in [2.24, 2.45) is 0 Å². The molecule has 0 fully saturated rings. The first-order valence-corrected chi connectivity index (χ1v) is 9.40. The number of carbonyl (C=O) groups excluding carboxylic acids is 1. The molecule has 0 saturated carbocycles. The van der Waals surface area contributed by atoms with Crippen LogP contribution in [-0.2, 0) is 0 Å². The van der Waals surface area contributed by atoms with E-state index in [-0.39, 0.29) is 10.7 Å². The minimum atomic E-state index is -0.967. The van der Waals surface area contributed by atoms with Crippen LogP contribution >= 0.6 is 22.9 Å². The van der Waals surface area contributed by atoms with Crippen molar-refractivity contribution in [3.63, 3.8) is 0 Å². The van der Waals surface area contributed by atoms with E-state index in [0.717, 1.165) is 32.8 Å². The molecule has 2 aromatic heterocycles. The summed E-state index contributed by atoms with van der Waals surface area (Å²) >= 11 is 7.46. The minimum Gasteiger partial charge on any atom is -0.477 e. The molecule has 2 aromatic carbocycles. The number of aromatic carboxylic acids is 1. The fourth-order valence-electron chi connectivity index (χ4n) is 3.17. The summed E-state index contributed by atoms with van der Waals surface area (Å²) in [6.07, 6.45) is 1.76. The number of nitrogens with zero attached hydrogens (tertiary/aromatic N) is 1. The van der Waals surface area contributed by atoms with Crippen LogP contribution in [0, 0.1) is 6.92 Å². The third kappa shape index (κ3) is 2.95. The van der Waals surface area contributed by atoms with Crippen LogP contribution in [0.1, 0.15) is 31.2 Å². The highest BCUT2D eigenvalue weighted by atomic mass is 35.5. The highest BCUT2D eigenvalue weighted by Gasteiger charge is 2.21. The smallest absolute Gasteiger partial charge is 0.345 e. The number of thiophene rings is 1. The van der Waals surface area contributed by atoms with E-state index in [0.29, 0.717) is 16.1 Å². The maximum atomic E-state index is 13.3. The average molecular weight is 396 g/mol. The first kappa shape index (κ1) is 17.5. The summed E-state index contributed by atoms with van der Waals surface area (Å²) < 4.78 is 1.85. The molecule has 0 aliphatic heterocycles. The lowest BCUT2D eigenvalue weighted by molar-refractivity contribution is 0.0702. The van der Waals surface area contributed by atoms with Gasteiger partial charge < -0.3 is 9.67 Å². The van der Waals surface area contributed by atoms with Gasteiger partial charge in [0.1, 0.15) is 9.88 Å². The lowest BCUT2D eigenvalue weighted by Crippen LogP contribution is -2.04. The Kier molecular flexibility index (Phi) is 4.34. The molecule has 0 atom stereocenters. The summed E-state index contributed by atoms with van der Waals surface area (Å²) in [4.78, 5) is 24.7. The summed E-state index contributed by atoms with van der Waals surface area (Å²) in [5.41, 5.74) is 2.67. The van der Waals surface area contributed by atoms with E-state index in [1.807, 2.05) is 47.9 Å². The first-order chi connectivity index (χ1) is 13.0. The Labute approximate surface area is 164 Å². The van der Waals surface area contributed by atoms with Crippen molar-refractivity contribution in [2.75, 3.05) is 0 Å². The Morgan fingerprint density at radius 1 is 1.04 bits per heavy atom. The van der Waals surface area contributed by atoms with Crippen molar-refractivity contribution < 1.29 is 14.7 Å². The Hall–Kier alpha value is -2.89. The summed E-state index contributed by atoms with van der Waals surface area (Å²) in [6, 6.07) is 16.3. The second-order valence-electron chi connectivity index (χ2n) is 6.13. The number of benzene rings is 2. The molecule has 134 valence electrons. The molecule has 1 N–H and O–H groups in total. The average Bonchev–Trinajstić information content (AvgIpc) is 3.26. The van der Waals surface area contributed by atoms with Crippen LogP contribution in [-0.4, -0.2) is 21.4 Å². The number of carboxylic acids is 1. The van der Waals surface area contributed by atoms with Gasteiger partial charge in [-0.1, -0.05) is 41.9 Å². The van der Waals surface area contributed by atoms with Gasteiger partial charge in [-0.25, -0.2) is 4.79 Å². The van der Waals surface area contributed by atoms with Crippen LogP contribution in [0.4, 0.5) is 0 Å². The number of para-hydroxylation sites is 1. The Morgan fingerprint density at radius 3 is 2.52 bits per heavy atom. The van der Waals surface area contributed by atoms with Gasteiger partial charge in [0.2, 0.25) is 0 Å². The van der Waals surface area contributed by atoms with Gasteiger partial charge in [0.05, 0.1) is 10.5 Å². The van der Waals surface area contributed by atoms with E-state index in [1.165, 1.54) is 0 Å². The summed E-state index contributed by atoms with van der Waals surface area (Å²) in [5, 5.41) is 11.1. The SMILES string of the molecule is Cc1cccc(Cl)c1C(=O)c1cn(-c2ccc(C(=O)O)s2)c2ccccc12. The summed E-state index contributed by atoms with van der Waals surface area (Å²) in [5.74, 6) is -1.12. The lowest BCUT2D eigenvalue weighted by atomic mass is 9.99. The monoisotopic (exact) mass is 395 g/mol. The molecule has 4 aromatic rings. The standard InChI is InChI=1S/C21H14ClNO3S/c1-12-5-4-7-15(22)19(12)20(24)14-11-23(16-8-3-2-6-13(14)16)18-10-9-17(27-18)21(25)26/h2-11H,1H3,(H,25,26). The molecule has 6 heteroatoms. The first-order valence-electron chi connectivity index (χ1n) is 8.21. The number of aryl methyl sites for hydroxylation is 1. The zero-order chi connectivity index (χ0) is 19.1. The zero-order valence-electron chi connectivity index (χ0n) is 14.3. The second-order valence-corrected chi connectivity index (χ2v) is 7.60. The van der Waals surface area contributed by atoms with E-state index >= 15 is 0 Å². The minimum absolute atomic E-state index is 0.150. The van der Waals surface area contributed by atoms with Gasteiger partial charge in [-0.15, -0.1) is 11.3 Å². The molecule has 2 heterocycles. The molecule has 0 radical (unpaired) electrons. The molecule has 4 rings (SSSR count). The van der Waals surface area contributed by atoms with Gasteiger partial charge in [0, 0.05) is 22.7 Å². The number of carboxylic acid groups (broad SMARTS) is 1. The van der Waals surface area contributed by atoms with Crippen molar-refractivity contribution >= 4 is 45.6 Å². The Morgan fingerprint density at radius 2 is 1.81 bits per heavy atom. The van der Waals surface area contributed by atoms with Crippen LogP contribution in [0.15, 0.2) is 60.8 Å². The molecule has 0 amide bonds. The largest absolute Gasteiger partial charge is 0.477 e. The topological polar surface area (TPSA) is 59.3 Å². The van der Waals surface area contributed by atoms with Crippen molar-refractivity contribution in [3.05, 3.63) is 87.4 Å². The fourth-order valence-corrected chi connectivity index (χ4v) is 4.31. The molecule has 0 unspecified atom stereocenters. The lowest BCUT2D eigenvalue weighted by Gasteiger charge is -2.06. The molecule has 0 spiro atoms. The van der Waals surface area contributed by atoms with Crippen LogP contribution in [0.25, 0.3) is 15.9 Å². The van der Waals surface area contributed by atoms with E-state index in [4.69, 9.17) is 11.6 Å². The third-order valence-electron chi connectivity index (χ3n) is 4.45. The summed E-state index contributed by atoms with van der Waals surface area (Å²) in [6.45, 7) is 1.86. The highest BCUT2D eigenvalue weighted by molar-refractivity contribution is 7.16.